The van der Waals surface area contributed by atoms with Crippen molar-refractivity contribution in [3.8, 4) is 11.5 Å². The molecule has 1 aromatic rings. The lowest BCUT2D eigenvalue weighted by molar-refractivity contribution is -0.130. The summed E-state index contributed by atoms with van der Waals surface area (Å²) in [6.45, 7) is 9.24. The number of carbonyl (C=O) groups excluding carboxylic acids is 1. The Kier molecular flexibility index (Phi) is 4.89. The standard InChI is InChI=1S/C25H35NO3/c1-5-10-26(13-15-6-7-15)19-11-18-17(14(2)3)12-21(28-4)25-23(18)22-16(19)8-9-20(27)24(22)29-25/h12,14-16,19,22,24H,5-11,13H2,1-4H3. The third-order valence-electron chi connectivity index (χ3n) is 7.75. The van der Waals surface area contributed by atoms with Gasteiger partial charge in [-0.15, -0.1) is 0 Å². The van der Waals surface area contributed by atoms with Gasteiger partial charge >= 0.3 is 0 Å². The number of ketones is 1. The van der Waals surface area contributed by atoms with Crippen LogP contribution in [0.2, 0.25) is 0 Å². The highest BCUT2D eigenvalue weighted by Gasteiger charge is 2.55. The fraction of sp³-hybridized carbons (Fsp3) is 0.720. The number of hydrogen-bond acceptors (Lipinski definition) is 4. The molecule has 4 atom stereocenters. The molecule has 1 aliphatic heterocycles. The molecular weight excluding hydrogens is 362 g/mol. The molecular formula is C25H35NO3. The number of Topliss-reactive ketones (excluding diaryl/α,β-unsaturated/α-hetero) is 1. The van der Waals surface area contributed by atoms with Crippen LogP contribution in [0.5, 0.6) is 11.5 Å². The predicted molar refractivity (Wildman–Crippen MR) is 114 cm³/mol. The Morgan fingerprint density at radius 1 is 1.28 bits per heavy atom. The van der Waals surface area contributed by atoms with Gasteiger partial charge < -0.3 is 9.47 Å². The van der Waals surface area contributed by atoms with E-state index in [1.807, 2.05) is 0 Å². The minimum absolute atomic E-state index is 0.214. The Bertz CT molecular complexity index is 813. The lowest BCUT2D eigenvalue weighted by Gasteiger charge is -2.46. The summed E-state index contributed by atoms with van der Waals surface area (Å²) in [6, 6.07) is 2.72. The summed E-state index contributed by atoms with van der Waals surface area (Å²) in [7, 11) is 1.72. The van der Waals surface area contributed by atoms with Crippen LogP contribution in [0.25, 0.3) is 0 Å². The SMILES string of the molecule is CCCN(CC1CC1)C1Cc2c(C(C)C)cc(OC)c3c2C2C(O3)C(=O)CCC21. The van der Waals surface area contributed by atoms with E-state index in [-0.39, 0.29) is 17.8 Å². The predicted octanol–water partition coefficient (Wildman–Crippen LogP) is 4.69. The third-order valence-corrected chi connectivity index (χ3v) is 7.75. The van der Waals surface area contributed by atoms with Gasteiger partial charge in [0.25, 0.3) is 0 Å². The summed E-state index contributed by atoms with van der Waals surface area (Å²) >= 11 is 0. The average Bonchev–Trinajstić information content (AvgIpc) is 3.43. The second-order valence-electron chi connectivity index (χ2n) is 9.99. The van der Waals surface area contributed by atoms with Gasteiger partial charge in [0.1, 0.15) is 0 Å². The lowest BCUT2D eigenvalue weighted by atomic mass is 9.63. The van der Waals surface area contributed by atoms with Gasteiger partial charge in [-0.05, 0) is 73.6 Å². The number of hydrogen-bond donors (Lipinski definition) is 0. The summed E-state index contributed by atoms with van der Waals surface area (Å²) in [5.74, 6) is 4.02. The molecule has 0 bridgehead atoms. The van der Waals surface area contributed by atoms with E-state index in [1.165, 1.54) is 49.0 Å². The molecule has 0 N–H and O–H groups in total. The van der Waals surface area contributed by atoms with Gasteiger partial charge in [0.05, 0.1) is 7.11 Å². The molecule has 0 aromatic heterocycles. The zero-order chi connectivity index (χ0) is 20.3. The van der Waals surface area contributed by atoms with E-state index in [0.29, 0.717) is 24.3 Å². The molecule has 5 rings (SSSR count). The minimum Gasteiger partial charge on any atom is -0.493 e. The fourth-order valence-corrected chi connectivity index (χ4v) is 6.28. The van der Waals surface area contributed by atoms with Crippen LogP contribution in [-0.4, -0.2) is 43.0 Å². The first-order valence-corrected chi connectivity index (χ1v) is 11.7. The van der Waals surface area contributed by atoms with Crippen LogP contribution in [0.15, 0.2) is 6.07 Å². The van der Waals surface area contributed by atoms with Crippen molar-refractivity contribution in [2.45, 2.75) is 83.3 Å². The van der Waals surface area contributed by atoms with Gasteiger partial charge in [-0.25, -0.2) is 0 Å². The molecule has 158 valence electrons. The summed E-state index contributed by atoms with van der Waals surface area (Å²) in [5.41, 5.74) is 4.15. The summed E-state index contributed by atoms with van der Waals surface area (Å²) in [6.07, 6.45) is 6.43. The Morgan fingerprint density at radius 3 is 2.72 bits per heavy atom. The first-order chi connectivity index (χ1) is 14.0. The number of ether oxygens (including phenoxy) is 2. The second-order valence-corrected chi connectivity index (χ2v) is 9.99. The fourth-order valence-electron chi connectivity index (χ4n) is 6.28. The van der Waals surface area contributed by atoms with Crippen molar-refractivity contribution in [3.05, 3.63) is 22.8 Å². The molecule has 4 unspecified atom stereocenters. The van der Waals surface area contributed by atoms with E-state index in [0.717, 1.165) is 30.3 Å². The smallest absolute Gasteiger partial charge is 0.173 e. The third kappa shape index (κ3) is 3.10. The Morgan fingerprint density at radius 2 is 2.07 bits per heavy atom. The van der Waals surface area contributed by atoms with Crippen molar-refractivity contribution >= 4 is 5.78 Å². The number of benzene rings is 1. The maximum atomic E-state index is 12.9. The van der Waals surface area contributed by atoms with E-state index in [2.05, 4.69) is 31.7 Å². The van der Waals surface area contributed by atoms with Crippen molar-refractivity contribution in [2.75, 3.05) is 20.2 Å². The molecule has 1 aromatic carbocycles. The molecule has 29 heavy (non-hydrogen) atoms. The molecule has 0 radical (unpaired) electrons. The monoisotopic (exact) mass is 397 g/mol. The van der Waals surface area contributed by atoms with Crippen molar-refractivity contribution in [3.63, 3.8) is 0 Å². The maximum absolute atomic E-state index is 12.9. The molecule has 0 spiro atoms. The van der Waals surface area contributed by atoms with Gasteiger partial charge in [-0.2, -0.15) is 0 Å². The van der Waals surface area contributed by atoms with Crippen molar-refractivity contribution in [1.82, 2.24) is 4.90 Å². The van der Waals surface area contributed by atoms with E-state index in [9.17, 15) is 4.79 Å². The zero-order valence-electron chi connectivity index (χ0n) is 18.4. The highest BCUT2D eigenvalue weighted by molar-refractivity contribution is 5.87. The van der Waals surface area contributed by atoms with Crippen LogP contribution in [-0.2, 0) is 11.2 Å². The largest absolute Gasteiger partial charge is 0.493 e. The van der Waals surface area contributed by atoms with Crippen LogP contribution < -0.4 is 9.47 Å². The van der Waals surface area contributed by atoms with Crippen molar-refractivity contribution in [2.24, 2.45) is 11.8 Å². The molecule has 4 nitrogen and oxygen atoms in total. The molecule has 3 aliphatic carbocycles. The van der Waals surface area contributed by atoms with Crippen LogP contribution in [0.3, 0.4) is 0 Å². The van der Waals surface area contributed by atoms with E-state index < -0.39 is 0 Å². The molecule has 0 saturated heterocycles. The van der Waals surface area contributed by atoms with E-state index in [1.54, 1.807) is 7.11 Å². The van der Waals surface area contributed by atoms with Gasteiger partial charge in [0, 0.05) is 30.5 Å². The van der Waals surface area contributed by atoms with Gasteiger partial charge in [0.15, 0.2) is 23.4 Å². The van der Waals surface area contributed by atoms with Crippen molar-refractivity contribution in [1.29, 1.82) is 0 Å². The van der Waals surface area contributed by atoms with Crippen LogP contribution >= 0.6 is 0 Å². The molecule has 0 amide bonds. The average molecular weight is 398 g/mol. The molecule has 4 heteroatoms. The van der Waals surface area contributed by atoms with Gasteiger partial charge in [0.2, 0.25) is 0 Å². The Balaban J connectivity index is 1.63. The minimum atomic E-state index is -0.300. The van der Waals surface area contributed by atoms with Crippen LogP contribution in [0.1, 0.15) is 81.4 Å². The molecule has 2 saturated carbocycles. The van der Waals surface area contributed by atoms with Crippen molar-refractivity contribution < 1.29 is 14.3 Å². The highest BCUT2D eigenvalue weighted by atomic mass is 16.5. The lowest BCUT2D eigenvalue weighted by Crippen LogP contribution is -2.52. The van der Waals surface area contributed by atoms with E-state index >= 15 is 0 Å². The first kappa shape index (κ1) is 19.4. The summed E-state index contributed by atoms with van der Waals surface area (Å²) < 4.78 is 12.1. The maximum Gasteiger partial charge on any atom is 0.173 e. The second kappa shape index (κ2) is 7.30. The summed E-state index contributed by atoms with van der Waals surface area (Å²) in [4.78, 5) is 15.6. The number of methoxy groups -OCH3 is 1. The molecule has 1 heterocycles. The number of nitrogens with zero attached hydrogens (tertiary/aromatic N) is 1. The Labute approximate surface area is 174 Å². The van der Waals surface area contributed by atoms with E-state index in [4.69, 9.17) is 9.47 Å². The Hall–Kier alpha value is -1.55. The first-order valence-electron chi connectivity index (χ1n) is 11.7. The summed E-state index contributed by atoms with van der Waals surface area (Å²) in [5, 5.41) is 0. The number of rotatable bonds is 7. The number of carbonyl (C=O) groups is 1. The normalized spacial score (nSPS) is 29.9. The quantitative estimate of drug-likeness (QED) is 0.669. The molecule has 4 aliphatic rings. The zero-order valence-corrected chi connectivity index (χ0v) is 18.4. The van der Waals surface area contributed by atoms with Crippen LogP contribution in [0, 0.1) is 11.8 Å². The van der Waals surface area contributed by atoms with Gasteiger partial charge in [-0.3, -0.25) is 9.69 Å². The van der Waals surface area contributed by atoms with Gasteiger partial charge in [-0.1, -0.05) is 20.8 Å². The highest BCUT2D eigenvalue weighted by Crippen LogP contribution is 2.58. The molecule has 2 fully saturated rings. The van der Waals surface area contributed by atoms with Crippen LogP contribution in [0.4, 0.5) is 0 Å². The topological polar surface area (TPSA) is 38.8 Å².